The van der Waals surface area contributed by atoms with Crippen molar-refractivity contribution < 1.29 is 19.7 Å². The van der Waals surface area contributed by atoms with Gasteiger partial charge in [0.25, 0.3) is 0 Å². The fourth-order valence-electron chi connectivity index (χ4n) is 2.36. The standard InChI is InChI=1S/C16H25NO4/c1-3-16(15(19)20,17-4-2)9-6-10-21-14-8-5-7-13(11-14)12-18/h5,7-8,11,17-18H,3-4,6,9-10,12H2,1-2H3,(H,19,20). The van der Waals surface area contributed by atoms with Crippen LogP contribution in [0.1, 0.15) is 38.7 Å². The van der Waals surface area contributed by atoms with Crippen LogP contribution in [0.5, 0.6) is 5.75 Å². The largest absolute Gasteiger partial charge is 0.494 e. The van der Waals surface area contributed by atoms with Gasteiger partial charge in [0.05, 0.1) is 13.2 Å². The summed E-state index contributed by atoms with van der Waals surface area (Å²) in [6.07, 6.45) is 1.71. The Morgan fingerprint density at radius 3 is 2.71 bits per heavy atom. The summed E-state index contributed by atoms with van der Waals surface area (Å²) >= 11 is 0. The predicted octanol–water partition coefficient (Wildman–Crippen LogP) is 2.18. The number of ether oxygens (including phenoxy) is 1. The minimum Gasteiger partial charge on any atom is -0.494 e. The second-order valence-electron chi connectivity index (χ2n) is 5.03. The lowest BCUT2D eigenvalue weighted by molar-refractivity contribution is -0.145. The van der Waals surface area contributed by atoms with Crippen molar-refractivity contribution in [3.63, 3.8) is 0 Å². The number of likely N-dealkylation sites (N-methyl/N-ethyl adjacent to an activating group) is 1. The van der Waals surface area contributed by atoms with E-state index in [4.69, 9.17) is 9.84 Å². The van der Waals surface area contributed by atoms with Crippen LogP contribution in [-0.4, -0.2) is 34.9 Å². The first-order chi connectivity index (χ1) is 10.1. The molecule has 0 radical (unpaired) electrons. The molecule has 1 aromatic carbocycles. The summed E-state index contributed by atoms with van der Waals surface area (Å²) in [5.41, 5.74) is -0.0704. The Bertz CT molecular complexity index is 450. The van der Waals surface area contributed by atoms with E-state index < -0.39 is 11.5 Å². The number of hydrogen-bond acceptors (Lipinski definition) is 4. The van der Waals surface area contributed by atoms with Crippen molar-refractivity contribution in [3.8, 4) is 5.75 Å². The smallest absolute Gasteiger partial charge is 0.323 e. The average Bonchev–Trinajstić information content (AvgIpc) is 2.50. The lowest BCUT2D eigenvalue weighted by Gasteiger charge is -2.29. The van der Waals surface area contributed by atoms with Gasteiger partial charge in [0.2, 0.25) is 0 Å². The molecule has 0 amide bonds. The van der Waals surface area contributed by atoms with Gasteiger partial charge in [-0.05, 0) is 43.5 Å². The highest BCUT2D eigenvalue weighted by Crippen LogP contribution is 2.19. The SMILES string of the molecule is CCNC(CC)(CCCOc1cccc(CO)c1)C(=O)O. The van der Waals surface area contributed by atoms with Gasteiger partial charge in [-0.1, -0.05) is 26.0 Å². The molecule has 21 heavy (non-hydrogen) atoms. The van der Waals surface area contributed by atoms with Crippen LogP contribution in [0.2, 0.25) is 0 Å². The predicted molar refractivity (Wildman–Crippen MR) is 81.4 cm³/mol. The Hall–Kier alpha value is -1.59. The Balaban J connectivity index is 2.49. The van der Waals surface area contributed by atoms with E-state index in [1.807, 2.05) is 32.0 Å². The summed E-state index contributed by atoms with van der Waals surface area (Å²) in [6.45, 7) is 4.84. The quantitative estimate of drug-likeness (QED) is 0.577. The maximum absolute atomic E-state index is 11.5. The van der Waals surface area contributed by atoms with Gasteiger partial charge in [-0.3, -0.25) is 4.79 Å². The third-order valence-corrected chi connectivity index (χ3v) is 3.63. The maximum atomic E-state index is 11.5. The van der Waals surface area contributed by atoms with E-state index in [9.17, 15) is 9.90 Å². The zero-order valence-electron chi connectivity index (χ0n) is 12.8. The number of aliphatic hydroxyl groups is 1. The first-order valence-corrected chi connectivity index (χ1v) is 7.39. The Morgan fingerprint density at radius 2 is 2.14 bits per heavy atom. The molecule has 5 heteroatoms. The molecule has 0 aliphatic heterocycles. The number of aliphatic hydroxyl groups excluding tert-OH is 1. The zero-order valence-corrected chi connectivity index (χ0v) is 12.8. The number of aliphatic carboxylic acids is 1. The van der Waals surface area contributed by atoms with Crippen LogP contribution in [0.4, 0.5) is 0 Å². The minimum atomic E-state index is -0.870. The van der Waals surface area contributed by atoms with E-state index in [2.05, 4.69) is 5.32 Å². The number of hydrogen-bond donors (Lipinski definition) is 3. The van der Waals surface area contributed by atoms with Crippen molar-refractivity contribution in [2.45, 2.75) is 45.3 Å². The molecule has 1 atom stereocenters. The molecule has 5 nitrogen and oxygen atoms in total. The van der Waals surface area contributed by atoms with E-state index in [1.54, 1.807) is 6.07 Å². The van der Waals surface area contributed by atoms with Gasteiger partial charge in [-0.2, -0.15) is 0 Å². The fourth-order valence-corrected chi connectivity index (χ4v) is 2.36. The van der Waals surface area contributed by atoms with Crippen molar-refractivity contribution >= 4 is 5.97 Å². The molecule has 1 unspecified atom stereocenters. The van der Waals surface area contributed by atoms with Crippen molar-refractivity contribution in [2.75, 3.05) is 13.2 Å². The average molecular weight is 295 g/mol. The second kappa shape index (κ2) is 8.64. The number of nitrogens with one attached hydrogen (secondary N) is 1. The number of carboxylic acids is 1. The number of carbonyl (C=O) groups is 1. The zero-order chi connectivity index (χ0) is 15.7. The molecule has 0 aromatic heterocycles. The van der Waals surface area contributed by atoms with Crippen LogP contribution in [0.15, 0.2) is 24.3 Å². The first kappa shape index (κ1) is 17.5. The number of rotatable bonds is 10. The number of benzene rings is 1. The molecule has 0 heterocycles. The lowest BCUT2D eigenvalue weighted by Crippen LogP contribution is -2.51. The molecule has 1 aromatic rings. The van der Waals surface area contributed by atoms with E-state index in [-0.39, 0.29) is 6.61 Å². The highest BCUT2D eigenvalue weighted by atomic mass is 16.5. The molecule has 0 saturated carbocycles. The summed E-state index contributed by atoms with van der Waals surface area (Å²) in [4.78, 5) is 11.5. The van der Waals surface area contributed by atoms with Gasteiger partial charge >= 0.3 is 5.97 Å². The summed E-state index contributed by atoms with van der Waals surface area (Å²) in [5.74, 6) is -0.114. The van der Waals surface area contributed by atoms with Gasteiger partial charge in [0.1, 0.15) is 11.3 Å². The third-order valence-electron chi connectivity index (χ3n) is 3.63. The first-order valence-electron chi connectivity index (χ1n) is 7.39. The third kappa shape index (κ3) is 5.02. The molecular formula is C16H25NO4. The monoisotopic (exact) mass is 295 g/mol. The normalized spacial score (nSPS) is 13.7. The van der Waals surface area contributed by atoms with Gasteiger partial charge in [0.15, 0.2) is 0 Å². The van der Waals surface area contributed by atoms with Gasteiger partial charge in [-0.15, -0.1) is 0 Å². The van der Waals surface area contributed by atoms with Crippen molar-refractivity contribution in [2.24, 2.45) is 0 Å². The maximum Gasteiger partial charge on any atom is 0.323 e. The summed E-state index contributed by atoms with van der Waals surface area (Å²) in [7, 11) is 0. The second-order valence-corrected chi connectivity index (χ2v) is 5.03. The van der Waals surface area contributed by atoms with Crippen LogP contribution in [0.25, 0.3) is 0 Å². The molecule has 1 rings (SSSR count). The Labute approximate surface area is 125 Å². The summed E-state index contributed by atoms with van der Waals surface area (Å²) in [5, 5.41) is 21.5. The molecule has 0 bridgehead atoms. The van der Waals surface area contributed by atoms with Crippen molar-refractivity contribution in [3.05, 3.63) is 29.8 Å². The molecule has 0 fully saturated rings. The molecular weight excluding hydrogens is 270 g/mol. The van der Waals surface area contributed by atoms with E-state index in [0.29, 0.717) is 38.2 Å². The molecule has 0 spiro atoms. The van der Waals surface area contributed by atoms with Gasteiger partial charge in [0, 0.05) is 0 Å². The summed E-state index contributed by atoms with van der Waals surface area (Å²) in [6, 6.07) is 7.26. The lowest BCUT2D eigenvalue weighted by atomic mass is 9.90. The topological polar surface area (TPSA) is 78.8 Å². The Morgan fingerprint density at radius 1 is 1.38 bits per heavy atom. The van der Waals surface area contributed by atoms with Crippen LogP contribution < -0.4 is 10.1 Å². The van der Waals surface area contributed by atoms with Gasteiger partial charge < -0.3 is 20.3 Å². The van der Waals surface area contributed by atoms with Gasteiger partial charge in [-0.25, -0.2) is 0 Å². The van der Waals surface area contributed by atoms with Crippen LogP contribution in [0, 0.1) is 0 Å². The van der Waals surface area contributed by atoms with E-state index in [1.165, 1.54) is 0 Å². The highest BCUT2D eigenvalue weighted by molar-refractivity contribution is 5.78. The molecule has 0 aliphatic rings. The van der Waals surface area contributed by atoms with Crippen molar-refractivity contribution in [1.82, 2.24) is 5.32 Å². The molecule has 3 N–H and O–H groups in total. The Kier molecular flexibility index (Phi) is 7.19. The fraction of sp³-hybridized carbons (Fsp3) is 0.562. The van der Waals surface area contributed by atoms with E-state index in [0.717, 1.165) is 5.56 Å². The van der Waals surface area contributed by atoms with Crippen molar-refractivity contribution in [1.29, 1.82) is 0 Å². The minimum absolute atomic E-state index is 0.0183. The number of carboxylic acid groups (broad SMARTS) is 1. The van der Waals surface area contributed by atoms with Crippen LogP contribution >= 0.6 is 0 Å². The molecule has 0 saturated heterocycles. The highest BCUT2D eigenvalue weighted by Gasteiger charge is 2.34. The molecule has 118 valence electrons. The van der Waals surface area contributed by atoms with E-state index >= 15 is 0 Å². The molecule has 0 aliphatic carbocycles. The summed E-state index contributed by atoms with van der Waals surface area (Å²) < 4.78 is 5.61. The van der Waals surface area contributed by atoms with Crippen LogP contribution in [0.3, 0.4) is 0 Å². The van der Waals surface area contributed by atoms with Crippen LogP contribution in [-0.2, 0) is 11.4 Å².